The van der Waals surface area contributed by atoms with Crippen molar-refractivity contribution in [3.8, 4) is 0 Å². The first-order valence-corrected chi connectivity index (χ1v) is 14.3. The van der Waals surface area contributed by atoms with Crippen LogP contribution in [0.25, 0.3) is 10.9 Å². The van der Waals surface area contributed by atoms with Crippen LogP contribution in [0, 0.1) is 0 Å². The van der Waals surface area contributed by atoms with Gasteiger partial charge in [-0.2, -0.15) is 0 Å². The molecule has 3 heterocycles. The van der Waals surface area contributed by atoms with E-state index in [2.05, 4.69) is 36.2 Å². The van der Waals surface area contributed by atoms with Crippen LogP contribution in [0.1, 0.15) is 29.7 Å². The van der Waals surface area contributed by atoms with Crippen molar-refractivity contribution in [1.29, 1.82) is 0 Å². The number of nitrogens with zero attached hydrogens (tertiary/aromatic N) is 1. The summed E-state index contributed by atoms with van der Waals surface area (Å²) in [6.07, 6.45) is 6.51. The SMILES string of the molecule is O=C(O)C(Cc1cnc[nH]1)NC(=O)C(Cc1c[nH]c2ccccc12)NC(=O)C(Cc1ccccc1)NC(=O)C1CCCN1. The number of imidazole rings is 1. The number of amides is 3. The molecule has 2 aromatic carbocycles. The molecule has 3 amide bonds. The van der Waals surface area contributed by atoms with Gasteiger partial charge in [-0.3, -0.25) is 14.4 Å². The summed E-state index contributed by atoms with van der Waals surface area (Å²) in [7, 11) is 0. The Kier molecular flexibility index (Phi) is 9.47. The predicted octanol–water partition coefficient (Wildman–Crippen LogP) is 1.21. The van der Waals surface area contributed by atoms with Crippen molar-refractivity contribution in [1.82, 2.24) is 36.2 Å². The molecule has 4 unspecified atom stereocenters. The standard InChI is InChI=1S/C31H35N7O5/c39-28(24-11-6-12-33-24)36-25(13-19-7-2-1-3-8-19)29(40)37-26(14-20-16-34-23-10-5-4-9-22(20)23)30(41)38-27(31(42)43)15-21-17-32-18-35-21/h1-5,7-10,16-18,24-27,33-34H,6,11-15H2,(H,32,35)(H,36,39)(H,37,40)(H,38,41)(H,42,43). The molecule has 4 aromatic rings. The minimum atomic E-state index is -1.26. The number of H-pyrrole nitrogens is 2. The molecular weight excluding hydrogens is 550 g/mol. The molecule has 1 aliphatic heterocycles. The molecule has 5 rings (SSSR count). The topological polar surface area (TPSA) is 181 Å². The Morgan fingerprint density at radius 3 is 2.28 bits per heavy atom. The second-order valence-corrected chi connectivity index (χ2v) is 10.7. The van der Waals surface area contributed by atoms with Crippen molar-refractivity contribution in [3.05, 3.63) is 90.1 Å². The number of rotatable bonds is 13. The van der Waals surface area contributed by atoms with Crippen LogP contribution < -0.4 is 21.3 Å². The van der Waals surface area contributed by atoms with E-state index in [0.717, 1.165) is 35.0 Å². The summed E-state index contributed by atoms with van der Waals surface area (Å²) < 4.78 is 0. The number of carboxylic acid groups (broad SMARTS) is 1. The number of aromatic nitrogens is 3. The van der Waals surface area contributed by atoms with Gasteiger partial charge in [0.2, 0.25) is 17.7 Å². The number of aliphatic carboxylic acids is 1. The summed E-state index contributed by atoms with van der Waals surface area (Å²) in [6, 6.07) is 13.1. The van der Waals surface area contributed by atoms with Crippen LogP contribution in [0.4, 0.5) is 0 Å². The Bertz CT molecular complexity index is 1550. The molecule has 1 aliphatic rings. The first-order chi connectivity index (χ1) is 20.9. The molecule has 0 saturated carbocycles. The van der Waals surface area contributed by atoms with Crippen molar-refractivity contribution >= 4 is 34.6 Å². The van der Waals surface area contributed by atoms with E-state index < -0.39 is 42.0 Å². The average Bonchev–Trinajstić information content (AvgIpc) is 3.80. The maximum atomic E-state index is 13.8. The van der Waals surface area contributed by atoms with Gasteiger partial charge in [-0.1, -0.05) is 48.5 Å². The molecule has 224 valence electrons. The lowest BCUT2D eigenvalue weighted by Crippen LogP contribution is -2.58. The lowest BCUT2D eigenvalue weighted by Gasteiger charge is -2.25. The number of carboxylic acids is 1. The zero-order chi connectivity index (χ0) is 30.2. The quantitative estimate of drug-likeness (QED) is 0.123. The molecule has 1 fully saturated rings. The van der Waals surface area contributed by atoms with Gasteiger partial charge in [-0.05, 0) is 36.6 Å². The summed E-state index contributed by atoms with van der Waals surface area (Å²) in [5, 5.41) is 22.2. The monoisotopic (exact) mass is 585 g/mol. The van der Waals surface area contributed by atoms with Gasteiger partial charge in [-0.25, -0.2) is 9.78 Å². The van der Waals surface area contributed by atoms with E-state index in [9.17, 15) is 24.3 Å². The molecular formula is C31H35N7O5. The van der Waals surface area contributed by atoms with E-state index in [1.54, 1.807) is 6.20 Å². The average molecular weight is 586 g/mol. The van der Waals surface area contributed by atoms with Gasteiger partial charge in [0.1, 0.15) is 18.1 Å². The van der Waals surface area contributed by atoms with Crippen LogP contribution in [-0.2, 0) is 38.4 Å². The van der Waals surface area contributed by atoms with Gasteiger partial charge in [0.25, 0.3) is 0 Å². The number of carbonyl (C=O) groups excluding carboxylic acids is 3. The van der Waals surface area contributed by atoms with Crippen LogP contribution >= 0.6 is 0 Å². The number of aromatic amines is 2. The van der Waals surface area contributed by atoms with E-state index in [1.807, 2.05) is 54.6 Å². The number of para-hydroxylation sites is 1. The number of nitrogens with one attached hydrogen (secondary N) is 6. The Labute approximate surface area is 248 Å². The molecule has 4 atom stereocenters. The van der Waals surface area contributed by atoms with Crippen molar-refractivity contribution in [2.75, 3.05) is 6.54 Å². The number of hydrogen-bond acceptors (Lipinski definition) is 6. The van der Waals surface area contributed by atoms with E-state index in [-0.39, 0.29) is 25.2 Å². The summed E-state index contributed by atoms with van der Waals surface area (Å²) >= 11 is 0. The van der Waals surface area contributed by atoms with E-state index >= 15 is 0 Å². The first kappa shape index (κ1) is 29.5. The molecule has 0 aliphatic carbocycles. The zero-order valence-electron chi connectivity index (χ0n) is 23.5. The largest absolute Gasteiger partial charge is 0.480 e. The van der Waals surface area contributed by atoms with Crippen LogP contribution in [0.5, 0.6) is 0 Å². The second kappa shape index (κ2) is 13.8. The zero-order valence-corrected chi connectivity index (χ0v) is 23.5. The van der Waals surface area contributed by atoms with Crippen LogP contribution in [-0.4, -0.2) is 74.5 Å². The van der Waals surface area contributed by atoms with E-state index in [0.29, 0.717) is 12.1 Å². The molecule has 0 radical (unpaired) electrons. The summed E-state index contributed by atoms with van der Waals surface area (Å²) in [4.78, 5) is 62.5. The van der Waals surface area contributed by atoms with Gasteiger partial charge in [0.05, 0.1) is 12.4 Å². The molecule has 43 heavy (non-hydrogen) atoms. The van der Waals surface area contributed by atoms with Gasteiger partial charge in [0, 0.05) is 48.3 Å². The Morgan fingerprint density at radius 1 is 0.860 bits per heavy atom. The smallest absolute Gasteiger partial charge is 0.326 e. The third-order valence-electron chi connectivity index (χ3n) is 7.62. The fourth-order valence-electron chi connectivity index (χ4n) is 5.33. The van der Waals surface area contributed by atoms with Crippen molar-refractivity contribution in [3.63, 3.8) is 0 Å². The highest BCUT2D eigenvalue weighted by atomic mass is 16.4. The number of benzene rings is 2. The highest BCUT2D eigenvalue weighted by Crippen LogP contribution is 2.19. The van der Waals surface area contributed by atoms with Crippen molar-refractivity contribution < 1.29 is 24.3 Å². The van der Waals surface area contributed by atoms with E-state index in [4.69, 9.17) is 0 Å². The fraction of sp³-hybridized carbons (Fsp3) is 0.323. The van der Waals surface area contributed by atoms with Gasteiger partial charge >= 0.3 is 5.97 Å². The summed E-state index contributed by atoms with van der Waals surface area (Å²) in [5.41, 5.74) is 3.01. The Hall–Kier alpha value is -4.97. The van der Waals surface area contributed by atoms with Crippen LogP contribution in [0.15, 0.2) is 73.3 Å². The predicted molar refractivity (Wildman–Crippen MR) is 159 cm³/mol. The summed E-state index contributed by atoms with van der Waals surface area (Å²) in [6.45, 7) is 0.726. The number of fused-ring (bicyclic) bond motifs is 1. The molecule has 12 nitrogen and oxygen atoms in total. The van der Waals surface area contributed by atoms with Crippen molar-refractivity contribution in [2.24, 2.45) is 0 Å². The summed E-state index contributed by atoms with van der Waals surface area (Å²) in [5.74, 6) is -2.71. The maximum absolute atomic E-state index is 13.8. The van der Waals surface area contributed by atoms with Crippen LogP contribution in [0.3, 0.4) is 0 Å². The minimum absolute atomic E-state index is 0.0180. The number of carbonyl (C=O) groups is 4. The van der Waals surface area contributed by atoms with Gasteiger partial charge in [-0.15, -0.1) is 0 Å². The molecule has 1 saturated heterocycles. The minimum Gasteiger partial charge on any atom is -0.480 e. The second-order valence-electron chi connectivity index (χ2n) is 10.7. The Morgan fingerprint density at radius 2 is 1.58 bits per heavy atom. The molecule has 0 bridgehead atoms. The normalized spacial score (nSPS) is 16.7. The molecule has 2 aromatic heterocycles. The highest BCUT2D eigenvalue weighted by molar-refractivity contribution is 5.95. The fourth-order valence-corrected chi connectivity index (χ4v) is 5.33. The molecule has 0 spiro atoms. The first-order valence-electron chi connectivity index (χ1n) is 14.3. The van der Waals surface area contributed by atoms with Crippen LogP contribution in [0.2, 0.25) is 0 Å². The van der Waals surface area contributed by atoms with Gasteiger partial charge in [0.15, 0.2) is 0 Å². The van der Waals surface area contributed by atoms with E-state index in [1.165, 1.54) is 12.5 Å². The number of hydrogen-bond donors (Lipinski definition) is 7. The third-order valence-corrected chi connectivity index (χ3v) is 7.62. The lowest BCUT2D eigenvalue weighted by atomic mass is 10.0. The Balaban J connectivity index is 1.39. The van der Waals surface area contributed by atoms with Crippen molar-refractivity contribution in [2.45, 2.75) is 56.3 Å². The third kappa shape index (κ3) is 7.66. The maximum Gasteiger partial charge on any atom is 0.326 e. The molecule has 7 N–H and O–H groups in total. The highest BCUT2D eigenvalue weighted by Gasteiger charge is 2.32. The lowest BCUT2D eigenvalue weighted by molar-refractivity contribution is -0.142. The molecule has 12 heteroatoms. The van der Waals surface area contributed by atoms with Gasteiger partial charge < -0.3 is 36.3 Å².